The van der Waals surface area contributed by atoms with E-state index in [9.17, 15) is 0 Å². The first-order chi connectivity index (χ1) is 15.7. The molecule has 0 fully saturated rings. The van der Waals surface area contributed by atoms with Crippen LogP contribution in [-0.2, 0) is 22.7 Å². The van der Waals surface area contributed by atoms with Gasteiger partial charge in [0.1, 0.15) is 24.7 Å². The second kappa shape index (κ2) is 12.3. The Morgan fingerprint density at radius 2 is 1.31 bits per heavy atom. The lowest BCUT2D eigenvalue weighted by atomic mass is 9.99. The number of rotatable bonds is 12. The smallest absolute Gasteiger partial charge is 0.130 e. The Balaban J connectivity index is 1.70. The van der Waals surface area contributed by atoms with Crippen molar-refractivity contribution in [1.29, 1.82) is 0 Å². The SMILES string of the molecule is CCC(C)c1ccc(OCCOc2c(COC)cc(-c3ccccc3)cc2COC)cc1. The highest BCUT2D eigenvalue weighted by Crippen LogP contribution is 2.32. The van der Waals surface area contributed by atoms with Gasteiger partial charge in [0.25, 0.3) is 0 Å². The van der Waals surface area contributed by atoms with Crippen molar-refractivity contribution in [2.45, 2.75) is 39.4 Å². The predicted octanol–water partition coefficient (Wildman–Crippen LogP) is 6.62. The number of benzene rings is 3. The van der Waals surface area contributed by atoms with Gasteiger partial charge in [-0.15, -0.1) is 0 Å². The zero-order chi connectivity index (χ0) is 22.8. The maximum absolute atomic E-state index is 6.18. The van der Waals surface area contributed by atoms with Crippen molar-refractivity contribution in [2.75, 3.05) is 27.4 Å². The fraction of sp³-hybridized carbons (Fsp3) is 0.357. The summed E-state index contributed by atoms with van der Waals surface area (Å²) >= 11 is 0. The molecule has 3 rings (SSSR count). The quantitative estimate of drug-likeness (QED) is 0.300. The van der Waals surface area contributed by atoms with E-state index in [4.69, 9.17) is 18.9 Å². The van der Waals surface area contributed by atoms with Crippen LogP contribution in [0.4, 0.5) is 0 Å². The molecular formula is C28H34O4. The van der Waals surface area contributed by atoms with Gasteiger partial charge in [-0.2, -0.15) is 0 Å². The Labute approximate surface area is 192 Å². The third-order valence-corrected chi connectivity index (χ3v) is 5.61. The summed E-state index contributed by atoms with van der Waals surface area (Å²) in [7, 11) is 3.39. The van der Waals surface area contributed by atoms with Crippen molar-refractivity contribution in [3.05, 3.63) is 83.4 Å². The fourth-order valence-electron chi connectivity index (χ4n) is 3.69. The van der Waals surface area contributed by atoms with Crippen molar-refractivity contribution in [1.82, 2.24) is 0 Å². The van der Waals surface area contributed by atoms with Crippen LogP contribution in [0.25, 0.3) is 11.1 Å². The van der Waals surface area contributed by atoms with Crippen LogP contribution in [-0.4, -0.2) is 27.4 Å². The average Bonchev–Trinajstić information content (AvgIpc) is 2.83. The topological polar surface area (TPSA) is 36.9 Å². The van der Waals surface area contributed by atoms with Crippen molar-refractivity contribution in [3.8, 4) is 22.6 Å². The summed E-state index contributed by atoms with van der Waals surface area (Å²) in [6.45, 7) is 6.26. The highest BCUT2D eigenvalue weighted by atomic mass is 16.5. The van der Waals surface area contributed by atoms with Gasteiger partial charge >= 0.3 is 0 Å². The Morgan fingerprint density at radius 3 is 1.88 bits per heavy atom. The van der Waals surface area contributed by atoms with Crippen LogP contribution in [0.15, 0.2) is 66.7 Å². The first kappa shape index (κ1) is 23.8. The van der Waals surface area contributed by atoms with E-state index >= 15 is 0 Å². The minimum Gasteiger partial charge on any atom is -0.490 e. The number of methoxy groups -OCH3 is 2. The van der Waals surface area contributed by atoms with Crippen molar-refractivity contribution < 1.29 is 18.9 Å². The van der Waals surface area contributed by atoms with Gasteiger partial charge in [0.15, 0.2) is 0 Å². The largest absolute Gasteiger partial charge is 0.490 e. The molecule has 0 aliphatic heterocycles. The lowest BCUT2D eigenvalue weighted by molar-refractivity contribution is 0.164. The molecule has 0 N–H and O–H groups in total. The first-order valence-electron chi connectivity index (χ1n) is 11.2. The third-order valence-electron chi connectivity index (χ3n) is 5.61. The molecule has 4 nitrogen and oxygen atoms in total. The minimum absolute atomic E-state index is 0.436. The Morgan fingerprint density at radius 1 is 0.719 bits per heavy atom. The Bertz CT molecular complexity index is 924. The molecule has 0 spiro atoms. The molecule has 0 amide bonds. The van der Waals surface area contributed by atoms with E-state index < -0.39 is 0 Å². The summed E-state index contributed by atoms with van der Waals surface area (Å²) < 4.78 is 23.0. The van der Waals surface area contributed by atoms with Gasteiger partial charge in [-0.1, -0.05) is 56.3 Å². The molecule has 0 aromatic heterocycles. The summed E-state index contributed by atoms with van der Waals surface area (Å²) in [5.74, 6) is 2.23. The summed E-state index contributed by atoms with van der Waals surface area (Å²) in [6, 6.07) is 22.9. The molecule has 32 heavy (non-hydrogen) atoms. The number of hydrogen-bond acceptors (Lipinski definition) is 4. The monoisotopic (exact) mass is 434 g/mol. The highest BCUT2D eigenvalue weighted by molar-refractivity contribution is 5.67. The van der Waals surface area contributed by atoms with Crippen LogP contribution in [0.3, 0.4) is 0 Å². The molecule has 1 atom stereocenters. The van der Waals surface area contributed by atoms with Gasteiger partial charge in [0, 0.05) is 25.3 Å². The van der Waals surface area contributed by atoms with Crippen molar-refractivity contribution in [3.63, 3.8) is 0 Å². The molecule has 1 unspecified atom stereocenters. The van der Waals surface area contributed by atoms with E-state index in [1.807, 2.05) is 30.3 Å². The molecule has 170 valence electrons. The summed E-state index contributed by atoms with van der Waals surface area (Å²) in [6.07, 6.45) is 1.13. The third kappa shape index (κ3) is 6.35. The van der Waals surface area contributed by atoms with Crippen molar-refractivity contribution >= 4 is 0 Å². The van der Waals surface area contributed by atoms with Gasteiger partial charge in [-0.05, 0) is 53.3 Å². The van der Waals surface area contributed by atoms with E-state index in [-0.39, 0.29) is 0 Å². The lowest BCUT2D eigenvalue weighted by Crippen LogP contribution is -2.12. The van der Waals surface area contributed by atoms with E-state index in [1.54, 1.807) is 14.2 Å². The summed E-state index contributed by atoms with van der Waals surface area (Å²) in [5, 5.41) is 0. The van der Waals surface area contributed by atoms with Crippen LogP contribution >= 0.6 is 0 Å². The van der Waals surface area contributed by atoms with E-state index in [0.717, 1.165) is 40.2 Å². The summed E-state index contributed by atoms with van der Waals surface area (Å²) in [5.41, 5.74) is 5.60. The minimum atomic E-state index is 0.436. The predicted molar refractivity (Wildman–Crippen MR) is 129 cm³/mol. The average molecular weight is 435 g/mol. The van der Waals surface area contributed by atoms with Gasteiger partial charge in [-0.25, -0.2) is 0 Å². The second-order valence-corrected chi connectivity index (χ2v) is 7.93. The van der Waals surface area contributed by atoms with Crippen LogP contribution in [0.5, 0.6) is 11.5 Å². The lowest BCUT2D eigenvalue weighted by Gasteiger charge is -2.18. The van der Waals surface area contributed by atoms with Crippen LogP contribution in [0.2, 0.25) is 0 Å². The molecule has 0 radical (unpaired) electrons. The molecule has 4 heteroatoms. The van der Waals surface area contributed by atoms with Crippen LogP contribution in [0, 0.1) is 0 Å². The molecule has 0 saturated carbocycles. The van der Waals surface area contributed by atoms with Crippen molar-refractivity contribution in [2.24, 2.45) is 0 Å². The summed E-state index contributed by atoms with van der Waals surface area (Å²) in [4.78, 5) is 0. The number of hydrogen-bond donors (Lipinski definition) is 0. The number of ether oxygens (including phenoxy) is 4. The molecule has 0 aliphatic carbocycles. The molecule has 0 heterocycles. The molecule has 3 aromatic carbocycles. The normalized spacial score (nSPS) is 11.9. The maximum Gasteiger partial charge on any atom is 0.130 e. The van der Waals surface area contributed by atoms with Gasteiger partial charge in [0.2, 0.25) is 0 Å². The van der Waals surface area contributed by atoms with Crippen LogP contribution in [0.1, 0.15) is 42.9 Å². The zero-order valence-electron chi connectivity index (χ0n) is 19.6. The molecule has 0 saturated heterocycles. The van der Waals surface area contributed by atoms with Gasteiger partial charge in [-0.3, -0.25) is 0 Å². The van der Waals surface area contributed by atoms with Crippen LogP contribution < -0.4 is 9.47 Å². The zero-order valence-corrected chi connectivity index (χ0v) is 19.6. The molecular weight excluding hydrogens is 400 g/mol. The van der Waals surface area contributed by atoms with E-state index in [0.29, 0.717) is 32.3 Å². The fourth-order valence-corrected chi connectivity index (χ4v) is 3.69. The molecule has 0 aliphatic rings. The van der Waals surface area contributed by atoms with E-state index in [2.05, 4.69) is 50.2 Å². The molecule has 0 bridgehead atoms. The first-order valence-corrected chi connectivity index (χ1v) is 11.2. The van der Waals surface area contributed by atoms with Gasteiger partial charge < -0.3 is 18.9 Å². The Hall–Kier alpha value is -2.82. The molecule has 3 aromatic rings. The standard InChI is InChI=1S/C28H34O4/c1-5-21(2)22-11-13-27(14-12-22)31-15-16-32-28-25(19-29-3)17-24(18-26(28)20-30-4)23-9-7-6-8-10-23/h6-14,17-18,21H,5,15-16,19-20H2,1-4H3. The highest BCUT2D eigenvalue weighted by Gasteiger charge is 2.14. The maximum atomic E-state index is 6.18. The Kier molecular flexibility index (Phi) is 9.14. The van der Waals surface area contributed by atoms with E-state index in [1.165, 1.54) is 5.56 Å². The van der Waals surface area contributed by atoms with Gasteiger partial charge in [0.05, 0.1) is 13.2 Å². The second-order valence-electron chi connectivity index (χ2n) is 7.93.